The first-order valence-electron chi connectivity index (χ1n) is 6.16. The number of aromatic nitrogens is 2. The molecule has 90 valence electrons. The van der Waals surface area contributed by atoms with Crippen molar-refractivity contribution in [3.8, 4) is 0 Å². The van der Waals surface area contributed by atoms with Gasteiger partial charge in [-0.05, 0) is 25.0 Å². The van der Waals surface area contributed by atoms with E-state index in [2.05, 4.69) is 39.8 Å². The summed E-state index contributed by atoms with van der Waals surface area (Å²) in [5.41, 5.74) is 9.53. The van der Waals surface area contributed by atoms with Gasteiger partial charge in [0.05, 0.1) is 16.7 Å². The number of nitrogens with zero attached hydrogens (tertiary/aromatic N) is 3. The lowest BCUT2D eigenvalue weighted by atomic mass is 10.1. The van der Waals surface area contributed by atoms with Crippen LogP contribution < -0.4 is 10.6 Å². The summed E-state index contributed by atoms with van der Waals surface area (Å²) in [4.78, 5) is 6.82. The molecule has 4 heteroatoms. The molecule has 1 aliphatic rings. The van der Waals surface area contributed by atoms with Crippen molar-refractivity contribution in [3.05, 3.63) is 24.5 Å². The summed E-state index contributed by atoms with van der Waals surface area (Å²) in [5.74, 6) is 0. The van der Waals surface area contributed by atoms with Crippen LogP contribution in [0.4, 0.5) is 5.69 Å². The monoisotopic (exact) mass is 230 g/mol. The van der Waals surface area contributed by atoms with Crippen LogP contribution in [0.1, 0.15) is 12.8 Å². The molecule has 1 saturated heterocycles. The molecule has 3 heterocycles. The van der Waals surface area contributed by atoms with Gasteiger partial charge in [0.1, 0.15) is 0 Å². The molecule has 0 aromatic carbocycles. The van der Waals surface area contributed by atoms with Crippen molar-refractivity contribution in [2.24, 2.45) is 12.8 Å². The molecule has 2 N–H and O–H groups in total. The maximum atomic E-state index is 5.95. The van der Waals surface area contributed by atoms with Gasteiger partial charge >= 0.3 is 0 Å². The molecular formula is C13H18N4. The van der Waals surface area contributed by atoms with Gasteiger partial charge < -0.3 is 15.2 Å². The molecule has 2 aromatic heterocycles. The van der Waals surface area contributed by atoms with Gasteiger partial charge in [0, 0.05) is 38.6 Å². The summed E-state index contributed by atoms with van der Waals surface area (Å²) in [7, 11) is 2.07. The highest BCUT2D eigenvalue weighted by Crippen LogP contribution is 2.27. The van der Waals surface area contributed by atoms with Gasteiger partial charge in [-0.15, -0.1) is 0 Å². The molecule has 1 aliphatic heterocycles. The largest absolute Gasteiger partial charge is 0.370 e. The van der Waals surface area contributed by atoms with Gasteiger partial charge in [-0.3, -0.25) is 4.98 Å². The molecule has 4 nitrogen and oxygen atoms in total. The van der Waals surface area contributed by atoms with Gasteiger partial charge in [0.15, 0.2) is 0 Å². The standard InChI is InChI=1S/C13H18N4/c1-16-7-5-11-13(16)12(2-6-15-11)17-8-3-10(14)4-9-17/h2,5-7,10H,3-4,8-9,14H2,1H3. The van der Waals surface area contributed by atoms with Crippen LogP contribution in [0.15, 0.2) is 24.5 Å². The van der Waals surface area contributed by atoms with E-state index in [1.54, 1.807) is 0 Å². The maximum absolute atomic E-state index is 5.95. The Morgan fingerprint density at radius 3 is 2.82 bits per heavy atom. The van der Waals surface area contributed by atoms with Crippen LogP contribution in [0, 0.1) is 0 Å². The van der Waals surface area contributed by atoms with Gasteiger partial charge in [0.2, 0.25) is 0 Å². The predicted octanol–water partition coefficient (Wildman–Crippen LogP) is 1.50. The molecule has 0 radical (unpaired) electrons. The van der Waals surface area contributed by atoms with Crippen molar-refractivity contribution in [1.29, 1.82) is 0 Å². The van der Waals surface area contributed by atoms with Crippen LogP contribution in [-0.2, 0) is 7.05 Å². The summed E-state index contributed by atoms with van der Waals surface area (Å²) in [5, 5.41) is 0. The predicted molar refractivity (Wildman–Crippen MR) is 70.1 cm³/mol. The zero-order valence-electron chi connectivity index (χ0n) is 10.1. The third kappa shape index (κ3) is 1.78. The van der Waals surface area contributed by atoms with E-state index in [1.165, 1.54) is 11.2 Å². The van der Waals surface area contributed by atoms with E-state index in [0.29, 0.717) is 6.04 Å². The van der Waals surface area contributed by atoms with E-state index < -0.39 is 0 Å². The average Bonchev–Trinajstić information content (AvgIpc) is 2.73. The van der Waals surface area contributed by atoms with E-state index >= 15 is 0 Å². The lowest BCUT2D eigenvalue weighted by Gasteiger charge is -2.32. The van der Waals surface area contributed by atoms with Crippen molar-refractivity contribution in [2.75, 3.05) is 18.0 Å². The molecule has 3 rings (SSSR count). The van der Waals surface area contributed by atoms with Gasteiger partial charge in [-0.25, -0.2) is 0 Å². The third-order valence-corrected chi connectivity index (χ3v) is 3.62. The number of hydrogen-bond donors (Lipinski definition) is 1. The molecule has 17 heavy (non-hydrogen) atoms. The highest BCUT2D eigenvalue weighted by molar-refractivity contribution is 5.89. The van der Waals surface area contributed by atoms with Gasteiger partial charge in [0.25, 0.3) is 0 Å². The second kappa shape index (κ2) is 4.04. The highest BCUT2D eigenvalue weighted by Gasteiger charge is 2.19. The quantitative estimate of drug-likeness (QED) is 0.807. The van der Waals surface area contributed by atoms with Crippen LogP contribution in [-0.4, -0.2) is 28.7 Å². The van der Waals surface area contributed by atoms with Crippen LogP contribution in [0.5, 0.6) is 0 Å². The minimum Gasteiger partial charge on any atom is -0.370 e. The first-order chi connectivity index (χ1) is 8.25. The Bertz CT molecular complexity index is 523. The van der Waals surface area contributed by atoms with E-state index in [1.807, 2.05) is 6.20 Å². The summed E-state index contributed by atoms with van der Waals surface area (Å²) in [6, 6.07) is 4.55. The second-order valence-electron chi connectivity index (χ2n) is 4.82. The van der Waals surface area contributed by atoms with Crippen LogP contribution in [0.2, 0.25) is 0 Å². The SMILES string of the molecule is Cn1ccc2nccc(N3CCC(N)CC3)c21. The van der Waals surface area contributed by atoms with Crippen molar-refractivity contribution in [3.63, 3.8) is 0 Å². The fourth-order valence-corrected chi connectivity index (χ4v) is 2.60. The smallest absolute Gasteiger partial charge is 0.0903 e. The first-order valence-corrected chi connectivity index (χ1v) is 6.16. The number of pyridine rings is 1. The molecule has 2 aromatic rings. The Kier molecular flexibility index (Phi) is 2.52. The second-order valence-corrected chi connectivity index (χ2v) is 4.82. The number of anilines is 1. The number of hydrogen-bond acceptors (Lipinski definition) is 3. The third-order valence-electron chi connectivity index (χ3n) is 3.62. The number of fused-ring (bicyclic) bond motifs is 1. The molecule has 1 fully saturated rings. The fraction of sp³-hybridized carbons (Fsp3) is 0.462. The summed E-state index contributed by atoms with van der Waals surface area (Å²) in [6.07, 6.45) is 6.12. The van der Waals surface area contributed by atoms with Crippen molar-refractivity contribution in [1.82, 2.24) is 9.55 Å². The van der Waals surface area contributed by atoms with Crippen molar-refractivity contribution in [2.45, 2.75) is 18.9 Å². The summed E-state index contributed by atoms with van der Waals surface area (Å²) < 4.78 is 2.15. The van der Waals surface area contributed by atoms with Crippen LogP contribution >= 0.6 is 0 Å². The molecule has 0 unspecified atom stereocenters. The van der Waals surface area contributed by atoms with Crippen molar-refractivity contribution < 1.29 is 0 Å². The van der Waals surface area contributed by atoms with E-state index in [4.69, 9.17) is 5.73 Å². The first kappa shape index (κ1) is 10.6. The molecule has 0 atom stereocenters. The Morgan fingerprint density at radius 1 is 1.29 bits per heavy atom. The molecule has 0 aliphatic carbocycles. The van der Waals surface area contributed by atoms with E-state index in [9.17, 15) is 0 Å². The number of piperidine rings is 1. The lowest BCUT2D eigenvalue weighted by molar-refractivity contribution is 0.501. The van der Waals surface area contributed by atoms with Crippen molar-refractivity contribution >= 4 is 16.7 Å². The van der Waals surface area contributed by atoms with E-state index in [0.717, 1.165) is 31.4 Å². The van der Waals surface area contributed by atoms with Gasteiger partial charge in [-0.1, -0.05) is 0 Å². The Hall–Kier alpha value is -1.55. The number of nitrogens with two attached hydrogens (primary N) is 1. The summed E-state index contributed by atoms with van der Waals surface area (Å²) >= 11 is 0. The molecule has 0 spiro atoms. The van der Waals surface area contributed by atoms with Crippen LogP contribution in [0.25, 0.3) is 11.0 Å². The zero-order valence-corrected chi connectivity index (χ0v) is 10.1. The Labute approximate surface area is 101 Å². The fourth-order valence-electron chi connectivity index (χ4n) is 2.60. The number of rotatable bonds is 1. The molecular weight excluding hydrogens is 212 g/mol. The Balaban J connectivity index is 2.02. The summed E-state index contributed by atoms with van der Waals surface area (Å²) in [6.45, 7) is 2.09. The van der Waals surface area contributed by atoms with Gasteiger partial charge in [-0.2, -0.15) is 0 Å². The topological polar surface area (TPSA) is 47.1 Å². The molecule has 0 amide bonds. The normalized spacial score (nSPS) is 17.9. The Morgan fingerprint density at radius 2 is 2.06 bits per heavy atom. The molecule has 0 saturated carbocycles. The average molecular weight is 230 g/mol. The minimum absolute atomic E-state index is 0.372. The van der Waals surface area contributed by atoms with Crippen LogP contribution in [0.3, 0.4) is 0 Å². The molecule has 0 bridgehead atoms. The number of aryl methyl sites for hydroxylation is 1. The lowest BCUT2D eigenvalue weighted by Crippen LogP contribution is -2.39. The minimum atomic E-state index is 0.372. The maximum Gasteiger partial charge on any atom is 0.0903 e. The van der Waals surface area contributed by atoms with E-state index in [-0.39, 0.29) is 0 Å². The zero-order chi connectivity index (χ0) is 11.8. The highest BCUT2D eigenvalue weighted by atomic mass is 15.2.